The molecule has 152 valence electrons. The SMILES string of the molecule is Cc1ccc(CN2CC[C@@H](O)[C@]3(CCCN(C(=O)C4CC=CC4)C3)C2)cc1F. The van der Waals surface area contributed by atoms with Crippen LogP contribution in [-0.4, -0.2) is 53.1 Å². The van der Waals surface area contributed by atoms with Gasteiger partial charge in [0.1, 0.15) is 5.82 Å². The van der Waals surface area contributed by atoms with Crippen molar-refractivity contribution >= 4 is 5.91 Å². The number of allylic oxidation sites excluding steroid dienone is 2. The molecular weight excluding hydrogens is 355 g/mol. The second-order valence-corrected chi connectivity index (χ2v) is 8.96. The van der Waals surface area contributed by atoms with Gasteiger partial charge in [-0.3, -0.25) is 9.69 Å². The molecule has 1 aliphatic carbocycles. The maximum Gasteiger partial charge on any atom is 0.226 e. The number of aliphatic hydroxyl groups excluding tert-OH is 1. The molecular formula is C23H31FN2O2. The largest absolute Gasteiger partial charge is 0.392 e. The van der Waals surface area contributed by atoms with Crippen LogP contribution < -0.4 is 0 Å². The number of hydrogen-bond acceptors (Lipinski definition) is 3. The lowest BCUT2D eigenvalue weighted by molar-refractivity contribution is -0.145. The van der Waals surface area contributed by atoms with Crippen LogP contribution in [0.15, 0.2) is 30.4 Å². The Morgan fingerprint density at radius 3 is 2.79 bits per heavy atom. The minimum atomic E-state index is -0.379. The second-order valence-electron chi connectivity index (χ2n) is 8.96. The van der Waals surface area contributed by atoms with E-state index < -0.39 is 0 Å². The summed E-state index contributed by atoms with van der Waals surface area (Å²) in [5.74, 6) is 0.167. The molecule has 2 heterocycles. The Kier molecular flexibility index (Phi) is 5.57. The summed E-state index contributed by atoms with van der Waals surface area (Å²) in [6, 6.07) is 5.44. The first-order chi connectivity index (χ1) is 13.5. The van der Waals surface area contributed by atoms with Gasteiger partial charge in [-0.2, -0.15) is 0 Å². The van der Waals surface area contributed by atoms with Gasteiger partial charge in [-0.05, 0) is 56.2 Å². The van der Waals surface area contributed by atoms with Crippen molar-refractivity contribution in [3.63, 3.8) is 0 Å². The average molecular weight is 387 g/mol. The summed E-state index contributed by atoms with van der Waals surface area (Å²) in [6.07, 6.45) is 8.10. The first kappa shape index (κ1) is 19.6. The van der Waals surface area contributed by atoms with Crippen LogP contribution in [0.3, 0.4) is 0 Å². The highest BCUT2D eigenvalue weighted by Crippen LogP contribution is 2.40. The number of amides is 1. The van der Waals surface area contributed by atoms with Crippen LogP contribution in [0.5, 0.6) is 0 Å². The summed E-state index contributed by atoms with van der Waals surface area (Å²) in [7, 11) is 0. The van der Waals surface area contributed by atoms with E-state index in [1.807, 2.05) is 17.0 Å². The Morgan fingerprint density at radius 2 is 2.04 bits per heavy atom. The van der Waals surface area contributed by atoms with Gasteiger partial charge in [0, 0.05) is 44.1 Å². The Hall–Kier alpha value is -1.72. The molecule has 1 N–H and O–H groups in total. The van der Waals surface area contributed by atoms with Gasteiger partial charge >= 0.3 is 0 Å². The molecule has 2 atom stereocenters. The number of benzene rings is 1. The maximum absolute atomic E-state index is 13.9. The molecule has 0 radical (unpaired) electrons. The van der Waals surface area contributed by atoms with Crippen LogP contribution in [0.1, 0.15) is 43.2 Å². The first-order valence-electron chi connectivity index (χ1n) is 10.6. The van der Waals surface area contributed by atoms with E-state index in [0.717, 1.165) is 50.9 Å². The van der Waals surface area contributed by atoms with E-state index in [2.05, 4.69) is 17.1 Å². The molecule has 1 amide bonds. The lowest BCUT2D eigenvalue weighted by Gasteiger charge is -2.51. The molecule has 0 bridgehead atoms. The van der Waals surface area contributed by atoms with Gasteiger partial charge in [-0.15, -0.1) is 0 Å². The highest BCUT2D eigenvalue weighted by Gasteiger charge is 2.46. The van der Waals surface area contributed by atoms with E-state index in [-0.39, 0.29) is 29.2 Å². The zero-order valence-corrected chi connectivity index (χ0v) is 16.7. The van der Waals surface area contributed by atoms with Crippen molar-refractivity contribution in [3.8, 4) is 0 Å². The zero-order chi connectivity index (χ0) is 19.7. The minimum absolute atomic E-state index is 0.0857. The van der Waals surface area contributed by atoms with Gasteiger partial charge in [0.05, 0.1) is 6.10 Å². The molecule has 3 aliphatic rings. The van der Waals surface area contributed by atoms with E-state index in [9.17, 15) is 14.3 Å². The van der Waals surface area contributed by atoms with E-state index in [1.165, 1.54) is 0 Å². The summed E-state index contributed by atoms with van der Waals surface area (Å²) in [5, 5.41) is 10.9. The number of halogens is 1. The Labute approximate surface area is 167 Å². The standard InChI is InChI=1S/C23H31FN2O2/c1-17-7-8-18(13-20(17)24)14-25-12-9-21(27)23(15-25)10-4-11-26(16-23)22(28)19-5-2-3-6-19/h2-3,7-8,13,19,21,27H,4-6,9-12,14-16H2,1H3/t21-,23-/m1/s1. The van der Waals surface area contributed by atoms with Crippen LogP contribution in [0.25, 0.3) is 0 Å². The summed E-state index contributed by atoms with van der Waals surface area (Å²) in [4.78, 5) is 17.2. The highest BCUT2D eigenvalue weighted by atomic mass is 19.1. The van der Waals surface area contributed by atoms with Crippen molar-refractivity contribution in [2.75, 3.05) is 26.2 Å². The number of aryl methyl sites for hydroxylation is 1. The molecule has 0 saturated carbocycles. The van der Waals surface area contributed by atoms with Gasteiger partial charge in [-0.25, -0.2) is 4.39 Å². The number of carbonyl (C=O) groups excluding carboxylic acids is 1. The third-order valence-corrected chi connectivity index (χ3v) is 6.88. The number of piperidine rings is 2. The fourth-order valence-corrected chi connectivity index (χ4v) is 5.20. The first-order valence-corrected chi connectivity index (χ1v) is 10.6. The fourth-order valence-electron chi connectivity index (χ4n) is 5.20. The fraction of sp³-hybridized carbons (Fsp3) is 0.609. The number of hydrogen-bond donors (Lipinski definition) is 1. The minimum Gasteiger partial charge on any atom is -0.392 e. The van der Waals surface area contributed by atoms with Gasteiger partial charge < -0.3 is 10.0 Å². The molecule has 0 unspecified atom stereocenters. The van der Waals surface area contributed by atoms with Crippen molar-refractivity contribution in [1.29, 1.82) is 0 Å². The van der Waals surface area contributed by atoms with Gasteiger partial charge in [0.15, 0.2) is 0 Å². The topological polar surface area (TPSA) is 43.8 Å². The van der Waals surface area contributed by atoms with Crippen LogP contribution in [0.4, 0.5) is 4.39 Å². The molecule has 2 fully saturated rings. The molecule has 4 nitrogen and oxygen atoms in total. The lowest BCUT2D eigenvalue weighted by Crippen LogP contribution is -2.60. The van der Waals surface area contributed by atoms with E-state index in [0.29, 0.717) is 25.1 Å². The molecule has 2 aliphatic heterocycles. The lowest BCUT2D eigenvalue weighted by atomic mass is 9.71. The maximum atomic E-state index is 13.9. The van der Waals surface area contributed by atoms with E-state index >= 15 is 0 Å². The Balaban J connectivity index is 1.45. The Bertz CT molecular complexity index is 757. The van der Waals surface area contributed by atoms with Gasteiger partial charge in [-0.1, -0.05) is 24.3 Å². The normalized spacial score (nSPS) is 29.0. The number of rotatable bonds is 3. The number of nitrogens with zero attached hydrogens (tertiary/aromatic N) is 2. The molecule has 1 aromatic carbocycles. The van der Waals surface area contributed by atoms with E-state index in [1.54, 1.807) is 13.0 Å². The Morgan fingerprint density at radius 1 is 1.25 bits per heavy atom. The van der Waals surface area contributed by atoms with Crippen LogP contribution in [-0.2, 0) is 11.3 Å². The van der Waals surface area contributed by atoms with Crippen molar-refractivity contribution < 1.29 is 14.3 Å². The third kappa shape index (κ3) is 3.87. The van der Waals surface area contributed by atoms with Crippen LogP contribution in [0, 0.1) is 24.1 Å². The predicted octanol–water partition coefficient (Wildman–Crippen LogP) is 3.28. The summed E-state index contributed by atoms with van der Waals surface area (Å²) >= 11 is 0. The van der Waals surface area contributed by atoms with Crippen molar-refractivity contribution in [2.45, 2.75) is 51.7 Å². The van der Waals surface area contributed by atoms with Crippen LogP contribution in [0.2, 0.25) is 0 Å². The second kappa shape index (κ2) is 7.96. The quantitative estimate of drug-likeness (QED) is 0.811. The average Bonchev–Trinajstić information content (AvgIpc) is 3.22. The smallest absolute Gasteiger partial charge is 0.226 e. The van der Waals surface area contributed by atoms with Crippen molar-refractivity contribution in [1.82, 2.24) is 9.80 Å². The van der Waals surface area contributed by atoms with Crippen molar-refractivity contribution in [3.05, 3.63) is 47.3 Å². The third-order valence-electron chi connectivity index (χ3n) is 6.88. The molecule has 5 heteroatoms. The van der Waals surface area contributed by atoms with Crippen LogP contribution >= 0.6 is 0 Å². The molecule has 1 aromatic rings. The zero-order valence-electron chi connectivity index (χ0n) is 16.7. The predicted molar refractivity (Wildman–Crippen MR) is 107 cm³/mol. The molecule has 2 saturated heterocycles. The number of carbonyl (C=O) groups is 1. The molecule has 4 rings (SSSR count). The van der Waals surface area contributed by atoms with Gasteiger partial charge in [0.25, 0.3) is 0 Å². The van der Waals surface area contributed by atoms with Gasteiger partial charge in [0.2, 0.25) is 5.91 Å². The summed E-state index contributed by atoms with van der Waals surface area (Å²) < 4.78 is 13.9. The highest BCUT2D eigenvalue weighted by molar-refractivity contribution is 5.79. The summed E-state index contributed by atoms with van der Waals surface area (Å²) in [6.45, 7) is 5.47. The number of likely N-dealkylation sites (tertiary alicyclic amines) is 2. The number of aliphatic hydroxyl groups is 1. The van der Waals surface area contributed by atoms with E-state index in [4.69, 9.17) is 0 Å². The molecule has 1 spiro atoms. The molecule has 28 heavy (non-hydrogen) atoms. The molecule has 0 aromatic heterocycles. The van der Waals surface area contributed by atoms with Crippen molar-refractivity contribution in [2.24, 2.45) is 11.3 Å². The monoisotopic (exact) mass is 386 g/mol. The summed E-state index contributed by atoms with van der Waals surface area (Å²) in [5.41, 5.74) is 1.37.